The minimum atomic E-state index is -0.230. The van der Waals surface area contributed by atoms with Crippen molar-refractivity contribution in [3.8, 4) is 0 Å². The van der Waals surface area contributed by atoms with Crippen LogP contribution < -0.4 is 5.56 Å². The van der Waals surface area contributed by atoms with Crippen LogP contribution in [0, 0.1) is 5.41 Å². The molecule has 0 aliphatic carbocycles. The van der Waals surface area contributed by atoms with Gasteiger partial charge in [0.15, 0.2) is 0 Å². The molecule has 0 saturated carbocycles. The van der Waals surface area contributed by atoms with Crippen molar-refractivity contribution in [2.45, 2.75) is 32.2 Å². The molecule has 1 amide bonds. The Kier molecular flexibility index (Phi) is 5.07. The van der Waals surface area contributed by atoms with Gasteiger partial charge < -0.3 is 9.88 Å². The summed E-state index contributed by atoms with van der Waals surface area (Å²) in [5.41, 5.74) is 1.51. The lowest BCUT2D eigenvalue weighted by Crippen LogP contribution is -2.53. The number of carbonyl (C=O) groups is 1. The van der Waals surface area contributed by atoms with E-state index in [1.54, 1.807) is 12.3 Å². The molecule has 4 heterocycles. The number of piperidine rings is 2. The lowest BCUT2D eigenvalue weighted by Gasteiger charge is -2.48. The fraction of sp³-hybridized carbons (Fsp3) is 0.476. The molecule has 142 valence electrons. The molecule has 1 N–H and O–H groups in total. The van der Waals surface area contributed by atoms with Gasteiger partial charge in [0, 0.05) is 55.6 Å². The summed E-state index contributed by atoms with van der Waals surface area (Å²) >= 11 is 0. The second-order valence-electron chi connectivity index (χ2n) is 7.91. The zero-order valence-corrected chi connectivity index (χ0v) is 15.6. The van der Waals surface area contributed by atoms with Crippen molar-refractivity contribution in [3.05, 3.63) is 64.3 Å². The Morgan fingerprint density at radius 3 is 2.78 bits per heavy atom. The van der Waals surface area contributed by atoms with Gasteiger partial charge in [0.1, 0.15) is 0 Å². The number of pyridine rings is 2. The first kappa shape index (κ1) is 17.9. The number of nitrogens with one attached hydrogen (secondary N) is 1. The maximum absolute atomic E-state index is 12.9. The van der Waals surface area contributed by atoms with E-state index >= 15 is 0 Å². The zero-order valence-electron chi connectivity index (χ0n) is 15.6. The highest BCUT2D eigenvalue weighted by molar-refractivity contribution is 5.94. The Labute approximate surface area is 159 Å². The molecule has 0 radical (unpaired) electrons. The number of aromatic nitrogens is 2. The highest BCUT2D eigenvalue weighted by atomic mass is 16.2. The maximum Gasteiger partial charge on any atom is 0.254 e. The summed E-state index contributed by atoms with van der Waals surface area (Å²) in [6.45, 7) is 4.50. The van der Waals surface area contributed by atoms with E-state index < -0.39 is 0 Å². The SMILES string of the molecule is O=C(c1cc[nH]c(=O)c1)N1CCCC2(CCCN(Cc3ccccn3)C2)C1. The van der Waals surface area contributed by atoms with Gasteiger partial charge in [0.2, 0.25) is 5.56 Å². The Hall–Kier alpha value is -2.47. The minimum absolute atomic E-state index is 0.0259. The van der Waals surface area contributed by atoms with Gasteiger partial charge in [-0.05, 0) is 50.4 Å². The highest BCUT2D eigenvalue weighted by Crippen LogP contribution is 2.39. The van der Waals surface area contributed by atoms with Gasteiger partial charge in [-0.3, -0.25) is 19.5 Å². The van der Waals surface area contributed by atoms with E-state index in [0.717, 1.165) is 64.1 Å². The quantitative estimate of drug-likeness (QED) is 0.905. The molecule has 1 atom stereocenters. The van der Waals surface area contributed by atoms with E-state index in [9.17, 15) is 9.59 Å². The van der Waals surface area contributed by atoms with Crippen molar-refractivity contribution in [2.75, 3.05) is 26.2 Å². The summed E-state index contributed by atoms with van der Waals surface area (Å²) in [5, 5.41) is 0. The van der Waals surface area contributed by atoms with Crippen LogP contribution in [0.5, 0.6) is 0 Å². The normalized spacial score (nSPS) is 23.5. The first-order valence-electron chi connectivity index (χ1n) is 9.74. The summed E-state index contributed by atoms with van der Waals surface area (Å²) in [7, 11) is 0. The van der Waals surface area contributed by atoms with E-state index in [4.69, 9.17) is 0 Å². The molecule has 2 aromatic rings. The molecule has 1 spiro atoms. The molecular weight excluding hydrogens is 340 g/mol. The van der Waals surface area contributed by atoms with Gasteiger partial charge in [-0.1, -0.05) is 6.07 Å². The molecule has 2 fully saturated rings. The second kappa shape index (κ2) is 7.64. The van der Waals surface area contributed by atoms with Crippen LogP contribution in [0.2, 0.25) is 0 Å². The van der Waals surface area contributed by atoms with Gasteiger partial charge in [0.05, 0.1) is 5.69 Å². The molecule has 2 aromatic heterocycles. The number of amides is 1. The Morgan fingerprint density at radius 1 is 1.15 bits per heavy atom. The number of likely N-dealkylation sites (tertiary alicyclic amines) is 2. The van der Waals surface area contributed by atoms with Crippen LogP contribution in [0.3, 0.4) is 0 Å². The van der Waals surface area contributed by atoms with Crippen LogP contribution in [-0.2, 0) is 6.54 Å². The van der Waals surface area contributed by atoms with E-state index in [1.807, 2.05) is 23.2 Å². The Morgan fingerprint density at radius 2 is 2.00 bits per heavy atom. The average Bonchev–Trinajstić information content (AvgIpc) is 2.68. The van der Waals surface area contributed by atoms with E-state index in [1.165, 1.54) is 6.07 Å². The molecule has 6 heteroatoms. The molecule has 6 nitrogen and oxygen atoms in total. The standard InChI is InChI=1S/C21H26N4O2/c26-19-13-17(6-10-23-19)20(27)25-12-4-8-21(16-25)7-3-11-24(15-21)14-18-5-1-2-9-22-18/h1-2,5-6,9-10,13H,3-4,7-8,11-12,14-16H2,(H,23,26). The molecule has 2 aliphatic heterocycles. The molecule has 2 saturated heterocycles. The van der Waals surface area contributed by atoms with Crippen LogP contribution in [0.15, 0.2) is 47.5 Å². The molecule has 0 bridgehead atoms. The second-order valence-corrected chi connectivity index (χ2v) is 7.91. The Bertz CT molecular complexity index is 847. The maximum atomic E-state index is 12.9. The van der Waals surface area contributed by atoms with Crippen LogP contribution >= 0.6 is 0 Å². The van der Waals surface area contributed by atoms with Gasteiger partial charge >= 0.3 is 0 Å². The molecule has 2 aliphatic rings. The lowest BCUT2D eigenvalue weighted by molar-refractivity contribution is 0.0110. The van der Waals surface area contributed by atoms with Crippen LogP contribution in [-0.4, -0.2) is 51.9 Å². The number of H-pyrrole nitrogens is 1. The van der Waals surface area contributed by atoms with Gasteiger partial charge in [0.25, 0.3) is 5.91 Å². The predicted octanol–water partition coefficient (Wildman–Crippen LogP) is 2.29. The first-order chi connectivity index (χ1) is 13.1. The smallest absolute Gasteiger partial charge is 0.254 e. The molecule has 27 heavy (non-hydrogen) atoms. The fourth-order valence-electron chi connectivity index (χ4n) is 4.64. The lowest BCUT2D eigenvalue weighted by atomic mass is 9.73. The van der Waals surface area contributed by atoms with Crippen molar-refractivity contribution in [2.24, 2.45) is 5.41 Å². The number of carbonyl (C=O) groups excluding carboxylic acids is 1. The number of rotatable bonds is 3. The summed E-state index contributed by atoms with van der Waals surface area (Å²) in [4.78, 5) is 35.9. The highest BCUT2D eigenvalue weighted by Gasteiger charge is 2.40. The summed E-state index contributed by atoms with van der Waals surface area (Å²) < 4.78 is 0. The van der Waals surface area contributed by atoms with Crippen LogP contribution in [0.25, 0.3) is 0 Å². The fourth-order valence-corrected chi connectivity index (χ4v) is 4.64. The van der Waals surface area contributed by atoms with Gasteiger partial charge in [-0.2, -0.15) is 0 Å². The zero-order chi connectivity index (χ0) is 18.7. The Balaban J connectivity index is 1.46. The summed E-state index contributed by atoms with van der Waals surface area (Å²) in [5.74, 6) is -0.0259. The number of hydrogen-bond donors (Lipinski definition) is 1. The van der Waals surface area contributed by atoms with Crippen molar-refractivity contribution >= 4 is 5.91 Å². The van der Waals surface area contributed by atoms with E-state index in [-0.39, 0.29) is 16.9 Å². The summed E-state index contributed by atoms with van der Waals surface area (Å²) in [6.07, 6.45) is 7.88. The molecule has 1 unspecified atom stereocenters. The molecular formula is C21H26N4O2. The topological polar surface area (TPSA) is 69.3 Å². The van der Waals surface area contributed by atoms with Crippen LogP contribution in [0.1, 0.15) is 41.7 Å². The van der Waals surface area contributed by atoms with Crippen molar-refractivity contribution < 1.29 is 4.79 Å². The van der Waals surface area contributed by atoms with Crippen molar-refractivity contribution in [1.29, 1.82) is 0 Å². The van der Waals surface area contributed by atoms with Gasteiger partial charge in [-0.15, -0.1) is 0 Å². The van der Waals surface area contributed by atoms with E-state index in [0.29, 0.717) is 5.56 Å². The molecule has 4 rings (SSSR count). The predicted molar refractivity (Wildman–Crippen MR) is 103 cm³/mol. The number of aromatic amines is 1. The first-order valence-corrected chi connectivity index (χ1v) is 9.74. The largest absolute Gasteiger partial charge is 0.338 e. The van der Waals surface area contributed by atoms with Crippen molar-refractivity contribution in [1.82, 2.24) is 19.8 Å². The van der Waals surface area contributed by atoms with Crippen molar-refractivity contribution in [3.63, 3.8) is 0 Å². The molecule has 0 aromatic carbocycles. The van der Waals surface area contributed by atoms with E-state index in [2.05, 4.69) is 20.9 Å². The number of hydrogen-bond acceptors (Lipinski definition) is 4. The minimum Gasteiger partial charge on any atom is -0.338 e. The third-order valence-corrected chi connectivity index (χ3v) is 5.82. The average molecular weight is 366 g/mol. The van der Waals surface area contributed by atoms with Gasteiger partial charge in [-0.25, -0.2) is 0 Å². The monoisotopic (exact) mass is 366 g/mol. The number of nitrogens with zero attached hydrogens (tertiary/aromatic N) is 3. The van der Waals surface area contributed by atoms with Crippen LogP contribution in [0.4, 0.5) is 0 Å². The third kappa shape index (κ3) is 4.11. The summed E-state index contributed by atoms with van der Waals surface area (Å²) in [6, 6.07) is 9.15. The third-order valence-electron chi connectivity index (χ3n) is 5.82.